The molecule has 172 valence electrons. The van der Waals surface area contributed by atoms with Crippen LogP contribution in [0.3, 0.4) is 0 Å². The number of halogens is 1. The number of rotatable bonds is 9. The number of amides is 1. The molecule has 1 amide bonds. The molecular formula is C20H42IN5O3. The van der Waals surface area contributed by atoms with E-state index in [1.165, 1.54) is 0 Å². The summed E-state index contributed by atoms with van der Waals surface area (Å²) in [6, 6.07) is 0. The highest BCUT2D eigenvalue weighted by Crippen LogP contribution is 2.11. The molecule has 0 aromatic heterocycles. The Kier molecular flexibility index (Phi) is 14.6. The van der Waals surface area contributed by atoms with Gasteiger partial charge in [0.25, 0.3) is 0 Å². The van der Waals surface area contributed by atoms with Crippen LogP contribution in [0.2, 0.25) is 0 Å². The molecule has 2 N–H and O–H groups in total. The van der Waals surface area contributed by atoms with Crippen molar-refractivity contribution in [2.75, 3.05) is 66.1 Å². The second-order valence-electron chi connectivity index (χ2n) is 8.56. The van der Waals surface area contributed by atoms with Gasteiger partial charge in [0.2, 0.25) is 0 Å². The molecule has 1 aliphatic rings. The SMILES string of the molecule is CN=C(NCCCOCC(C)C)NCCN1CCN(C(=O)OC(C)(C)C)CC1.I. The van der Waals surface area contributed by atoms with Crippen molar-refractivity contribution < 1.29 is 14.3 Å². The maximum atomic E-state index is 12.1. The van der Waals surface area contributed by atoms with Gasteiger partial charge in [0.05, 0.1) is 0 Å². The molecule has 0 spiro atoms. The van der Waals surface area contributed by atoms with Crippen molar-refractivity contribution in [2.24, 2.45) is 10.9 Å². The number of carbonyl (C=O) groups excluding carboxylic acids is 1. The van der Waals surface area contributed by atoms with E-state index in [0.29, 0.717) is 19.0 Å². The highest BCUT2D eigenvalue weighted by molar-refractivity contribution is 14.0. The van der Waals surface area contributed by atoms with Crippen molar-refractivity contribution in [1.82, 2.24) is 20.4 Å². The molecule has 0 radical (unpaired) electrons. The maximum absolute atomic E-state index is 12.1. The zero-order chi connectivity index (χ0) is 21.0. The first-order valence-electron chi connectivity index (χ1n) is 10.4. The predicted octanol–water partition coefficient (Wildman–Crippen LogP) is 2.38. The molecule has 1 rings (SSSR count). The molecular weight excluding hydrogens is 485 g/mol. The van der Waals surface area contributed by atoms with Crippen LogP contribution in [0, 0.1) is 5.92 Å². The molecule has 8 nitrogen and oxygen atoms in total. The Morgan fingerprint density at radius 1 is 1.10 bits per heavy atom. The molecule has 0 aliphatic carbocycles. The van der Waals surface area contributed by atoms with Crippen LogP contribution >= 0.6 is 24.0 Å². The van der Waals surface area contributed by atoms with Crippen molar-refractivity contribution >= 4 is 36.0 Å². The molecule has 1 fully saturated rings. The van der Waals surface area contributed by atoms with E-state index in [2.05, 4.69) is 34.4 Å². The first-order chi connectivity index (χ1) is 13.2. The second kappa shape index (κ2) is 15.1. The molecule has 0 atom stereocenters. The summed E-state index contributed by atoms with van der Waals surface area (Å²) >= 11 is 0. The summed E-state index contributed by atoms with van der Waals surface area (Å²) < 4.78 is 11.0. The number of nitrogens with zero attached hydrogens (tertiary/aromatic N) is 3. The molecule has 0 saturated carbocycles. The first-order valence-corrected chi connectivity index (χ1v) is 10.4. The summed E-state index contributed by atoms with van der Waals surface area (Å²) in [7, 11) is 1.78. The quantitative estimate of drug-likeness (QED) is 0.208. The van der Waals surface area contributed by atoms with Gasteiger partial charge in [0, 0.05) is 66.1 Å². The zero-order valence-electron chi connectivity index (χ0n) is 19.1. The van der Waals surface area contributed by atoms with Crippen molar-refractivity contribution in [2.45, 2.75) is 46.6 Å². The lowest BCUT2D eigenvalue weighted by molar-refractivity contribution is 0.0147. The standard InChI is InChI=1S/C20H41N5O3.HI/c1-17(2)16-27-15-7-8-22-18(21-6)23-9-10-24-11-13-25(14-12-24)19(26)28-20(3,4)5;/h17H,7-16H2,1-6H3,(H2,21,22,23);1H. The van der Waals surface area contributed by atoms with Crippen molar-refractivity contribution in [3.8, 4) is 0 Å². The van der Waals surface area contributed by atoms with Crippen molar-refractivity contribution in [1.29, 1.82) is 0 Å². The van der Waals surface area contributed by atoms with E-state index in [1.807, 2.05) is 20.8 Å². The lowest BCUT2D eigenvalue weighted by Gasteiger charge is -2.35. The van der Waals surface area contributed by atoms with E-state index >= 15 is 0 Å². The van der Waals surface area contributed by atoms with Gasteiger partial charge < -0.3 is 25.0 Å². The Morgan fingerprint density at radius 3 is 2.28 bits per heavy atom. The van der Waals surface area contributed by atoms with Gasteiger partial charge in [-0.15, -0.1) is 24.0 Å². The number of piperazine rings is 1. The molecule has 9 heteroatoms. The summed E-state index contributed by atoms with van der Waals surface area (Å²) in [5.74, 6) is 1.39. The molecule has 0 aromatic rings. The molecule has 1 aliphatic heterocycles. The zero-order valence-corrected chi connectivity index (χ0v) is 21.5. The van der Waals surface area contributed by atoms with Gasteiger partial charge in [-0.3, -0.25) is 9.89 Å². The Balaban J connectivity index is 0.00000784. The van der Waals surface area contributed by atoms with Crippen LogP contribution in [0.1, 0.15) is 41.0 Å². The molecule has 0 unspecified atom stereocenters. The number of aliphatic imine (C=N–C) groups is 1. The lowest BCUT2D eigenvalue weighted by atomic mass is 10.2. The lowest BCUT2D eigenvalue weighted by Crippen LogP contribution is -2.51. The summed E-state index contributed by atoms with van der Waals surface area (Å²) in [5.41, 5.74) is -0.443. The largest absolute Gasteiger partial charge is 0.444 e. The number of ether oxygens (including phenoxy) is 2. The third kappa shape index (κ3) is 13.9. The minimum Gasteiger partial charge on any atom is -0.444 e. The monoisotopic (exact) mass is 527 g/mol. The van der Waals surface area contributed by atoms with Crippen LogP contribution in [0.5, 0.6) is 0 Å². The van der Waals surface area contributed by atoms with Crippen LogP contribution in [-0.2, 0) is 9.47 Å². The third-order valence-corrected chi connectivity index (χ3v) is 4.18. The van der Waals surface area contributed by atoms with Crippen molar-refractivity contribution in [3.63, 3.8) is 0 Å². The van der Waals surface area contributed by atoms with E-state index < -0.39 is 5.60 Å². The Labute approximate surface area is 194 Å². The molecule has 29 heavy (non-hydrogen) atoms. The van der Waals surface area contributed by atoms with Gasteiger partial charge in [-0.1, -0.05) is 13.8 Å². The van der Waals surface area contributed by atoms with E-state index in [4.69, 9.17) is 9.47 Å². The molecule has 1 saturated heterocycles. The molecule has 1 heterocycles. The van der Waals surface area contributed by atoms with Gasteiger partial charge in [-0.05, 0) is 33.1 Å². The van der Waals surface area contributed by atoms with E-state index in [1.54, 1.807) is 11.9 Å². The Morgan fingerprint density at radius 2 is 1.72 bits per heavy atom. The van der Waals surface area contributed by atoms with E-state index in [0.717, 1.165) is 58.3 Å². The fraction of sp³-hybridized carbons (Fsp3) is 0.900. The normalized spacial score (nSPS) is 15.8. The topological polar surface area (TPSA) is 78.4 Å². The predicted molar refractivity (Wildman–Crippen MR) is 129 cm³/mol. The molecule has 0 bridgehead atoms. The average molecular weight is 527 g/mol. The minimum atomic E-state index is -0.443. The van der Waals surface area contributed by atoms with Crippen LogP contribution in [0.4, 0.5) is 4.79 Å². The van der Waals surface area contributed by atoms with Crippen LogP contribution in [-0.4, -0.2) is 93.5 Å². The van der Waals surface area contributed by atoms with Gasteiger partial charge in [-0.25, -0.2) is 4.79 Å². The van der Waals surface area contributed by atoms with Gasteiger partial charge in [-0.2, -0.15) is 0 Å². The summed E-state index contributed by atoms with van der Waals surface area (Å²) in [4.78, 5) is 20.5. The van der Waals surface area contributed by atoms with E-state index in [-0.39, 0.29) is 30.1 Å². The smallest absolute Gasteiger partial charge is 0.410 e. The summed E-state index contributed by atoms with van der Waals surface area (Å²) in [5, 5.41) is 6.65. The van der Waals surface area contributed by atoms with Gasteiger partial charge >= 0.3 is 6.09 Å². The van der Waals surface area contributed by atoms with E-state index in [9.17, 15) is 4.79 Å². The Bertz CT molecular complexity index is 475. The fourth-order valence-electron chi connectivity index (χ4n) is 2.73. The average Bonchev–Trinajstić information content (AvgIpc) is 2.61. The maximum Gasteiger partial charge on any atom is 0.410 e. The fourth-order valence-corrected chi connectivity index (χ4v) is 2.73. The second-order valence-corrected chi connectivity index (χ2v) is 8.56. The van der Waals surface area contributed by atoms with Gasteiger partial charge in [0.15, 0.2) is 5.96 Å². The summed E-state index contributed by atoms with van der Waals surface area (Å²) in [6.45, 7) is 17.3. The van der Waals surface area contributed by atoms with Crippen molar-refractivity contribution in [3.05, 3.63) is 0 Å². The third-order valence-electron chi connectivity index (χ3n) is 4.18. The number of hydrogen-bond donors (Lipinski definition) is 2. The summed E-state index contributed by atoms with van der Waals surface area (Å²) in [6.07, 6.45) is 0.743. The Hall–Kier alpha value is -0.810. The van der Waals surface area contributed by atoms with Crippen LogP contribution in [0.15, 0.2) is 4.99 Å². The number of nitrogens with one attached hydrogen (secondary N) is 2. The highest BCUT2D eigenvalue weighted by Gasteiger charge is 2.25. The van der Waals surface area contributed by atoms with Crippen LogP contribution in [0.25, 0.3) is 0 Å². The first kappa shape index (κ1) is 28.2. The minimum absolute atomic E-state index is 0. The van der Waals surface area contributed by atoms with Crippen LogP contribution < -0.4 is 10.6 Å². The number of guanidine groups is 1. The van der Waals surface area contributed by atoms with Gasteiger partial charge in [0.1, 0.15) is 5.60 Å². The highest BCUT2D eigenvalue weighted by atomic mass is 127. The molecule has 0 aromatic carbocycles. The number of hydrogen-bond acceptors (Lipinski definition) is 5. The number of carbonyl (C=O) groups is 1.